The molecule has 3 N–H and O–H groups in total. The zero-order chi connectivity index (χ0) is 14.7. The van der Waals surface area contributed by atoms with Crippen LogP contribution >= 0.6 is 0 Å². The lowest BCUT2D eigenvalue weighted by atomic mass is 10.0. The molecule has 4 nitrogen and oxygen atoms in total. The Bertz CT molecular complexity index is 626. The number of hydrogen-bond acceptors (Lipinski definition) is 2. The van der Waals surface area contributed by atoms with Crippen molar-refractivity contribution in [3.63, 3.8) is 0 Å². The lowest BCUT2D eigenvalue weighted by Gasteiger charge is -2.24. The minimum Gasteiger partial charge on any atom is -0.361 e. The summed E-state index contributed by atoms with van der Waals surface area (Å²) in [5.74, 6) is 0.168. The standard InChI is InChI=1S/C17H23N3O/c1-17(9-10-18-12-17)20-16(21)8-4-5-13-11-19-15-7-3-2-6-14(13)15/h2-3,6-7,11,18-19H,4-5,8-10,12H2,1H3,(H,20,21). The van der Waals surface area contributed by atoms with Crippen LogP contribution in [0.2, 0.25) is 0 Å². The summed E-state index contributed by atoms with van der Waals surface area (Å²) in [5, 5.41) is 7.73. The lowest BCUT2D eigenvalue weighted by molar-refractivity contribution is -0.122. The van der Waals surface area contributed by atoms with Crippen molar-refractivity contribution in [2.24, 2.45) is 0 Å². The van der Waals surface area contributed by atoms with Gasteiger partial charge in [-0.05, 0) is 44.4 Å². The maximum absolute atomic E-state index is 12.0. The number of aromatic amines is 1. The van der Waals surface area contributed by atoms with Gasteiger partial charge in [0.2, 0.25) is 5.91 Å². The molecule has 1 saturated heterocycles. The van der Waals surface area contributed by atoms with E-state index in [2.05, 4.69) is 46.9 Å². The third-order valence-electron chi connectivity index (χ3n) is 4.33. The number of fused-ring (bicyclic) bond motifs is 1. The van der Waals surface area contributed by atoms with Gasteiger partial charge in [-0.2, -0.15) is 0 Å². The summed E-state index contributed by atoms with van der Waals surface area (Å²) in [4.78, 5) is 15.3. The normalized spacial score (nSPS) is 21.8. The second-order valence-electron chi connectivity index (χ2n) is 6.25. The molecule has 21 heavy (non-hydrogen) atoms. The Morgan fingerprint density at radius 1 is 1.38 bits per heavy atom. The van der Waals surface area contributed by atoms with Gasteiger partial charge in [-0.1, -0.05) is 18.2 Å². The minimum atomic E-state index is -0.0577. The summed E-state index contributed by atoms with van der Waals surface area (Å²) in [6, 6.07) is 8.30. The van der Waals surface area contributed by atoms with Crippen LogP contribution in [0, 0.1) is 0 Å². The smallest absolute Gasteiger partial charge is 0.220 e. The predicted octanol–water partition coefficient (Wildman–Crippen LogP) is 2.36. The van der Waals surface area contributed by atoms with Crippen LogP contribution in [0.1, 0.15) is 31.7 Å². The highest BCUT2D eigenvalue weighted by atomic mass is 16.1. The van der Waals surface area contributed by atoms with Crippen molar-refractivity contribution >= 4 is 16.8 Å². The quantitative estimate of drug-likeness (QED) is 0.790. The van der Waals surface area contributed by atoms with Crippen LogP contribution in [0.4, 0.5) is 0 Å². The van der Waals surface area contributed by atoms with E-state index in [1.54, 1.807) is 0 Å². The average Bonchev–Trinajstić information content (AvgIpc) is 3.06. The predicted molar refractivity (Wildman–Crippen MR) is 85.3 cm³/mol. The SMILES string of the molecule is CC1(NC(=O)CCCc2c[nH]c3ccccc23)CCNC1. The Hall–Kier alpha value is -1.81. The molecule has 0 saturated carbocycles. The van der Waals surface area contributed by atoms with Crippen LogP contribution in [0.25, 0.3) is 10.9 Å². The number of carbonyl (C=O) groups is 1. The number of H-pyrrole nitrogens is 1. The Kier molecular flexibility index (Phi) is 3.97. The lowest BCUT2D eigenvalue weighted by Crippen LogP contribution is -2.47. The summed E-state index contributed by atoms with van der Waals surface area (Å²) >= 11 is 0. The number of para-hydroxylation sites is 1. The summed E-state index contributed by atoms with van der Waals surface area (Å²) in [5.41, 5.74) is 2.41. The molecule has 0 bridgehead atoms. The molecular formula is C17H23N3O. The Labute approximate surface area is 125 Å². The molecule has 3 rings (SSSR count). The second kappa shape index (κ2) is 5.90. The van der Waals surface area contributed by atoms with Crippen molar-refractivity contribution in [2.45, 2.75) is 38.1 Å². The number of hydrogen-bond donors (Lipinski definition) is 3. The zero-order valence-corrected chi connectivity index (χ0v) is 12.5. The Morgan fingerprint density at radius 2 is 2.24 bits per heavy atom. The van der Waals surface area contributed by atoms with E-state index >= 15 is 0 Å². The summed E-state index contributed by atoms with van der Waals surface area (Å²) in [6.07, 6.45) is 5.49. The molecule has 2 heterocycles. The molecule has 1 fully saturated rings. The van der Waals surface area contributed by atoms with Crippen LogP contribution in [-0.4, -0.2) is 29.5 Å². The van der Waals surface area contributed by atoms with Gasteiger partial charge in [-0.15, -0.1) is 0 Å². The average molecular weight is 285 g/mol. The molecule has 1 aromatic carbocycles. The fourth-order valence-corrected chi connectivity index (χ4v) is 3.10. The van der Waals surface area contributed by atoms with Crippen LogP contribution in [0.3, 0.4) is 0 Å². The molecule has 0 spiro atoms. The third-order valence-corrected chi connectivity index (χ3v) is 4.33. The van der Waals surface area contributed by atoms with Crippen LogP contribution in [0.5, 0.6) is 0 Å². The molecule has 4 heteroatoms. The molecule has 112 valence electrons. The van der Waals surface area contributed by atoms with Gasteiger partial charge in [0, 0.05) is 30.1 Å². The highest BCUT2D eigenvalue weighted by molar-refractivity contribution is 5.83. The molecular weight excluding hydrogens is 262 g/mol. The number of rotatable bonds is 5. The minimum absolute atomic E-state index is 0.0577. The topological polar surface area (TPSA) is 56.9 Å². The van der Waals surface area contributed by atoms with E-state index in [1.165, 1.54) is 16.5 Å². The largest absolute Gasteiger partial charge is 0.361 e. The first-order chi connectivity index (χ1) is 10.2. The van der Waals surface area contributed by atoms with Gasteiger partial charge in [-0.25, -0.2) is 0 Å². The van der Waals surface area contributed by atoms with Gasteiger partial charge in [0.1, 0.15) is 0 Å². The molecule has 1 aromatic heterocycles. The van der Waals surface area contributed by atoms with Crippen molar-refractivity contribution in [2.75, 3.05) is 13.1 Å². The van der Waals surface area contributed by atoms with Crippen LogP contribution < -0.4 is 10.6 Å². The maximum Gasteiger partial charge on any atom is 0.220 e. The van der Waals surface area contributed by atoms with E-state index in [0.29, 0.717) is 6.42 Å². The first-order valence-corrected chi connectivity index (χ1v) is 7.73. The Balaban J connectivity index is 1.50. The highest BCUT2D eigenvalue weighted by Gasteiger charge is 2.29. The third kappa shape index (κ3) is 3.27. The van der Waals surface area contributed by atoms with Gasteiger partial charge >= 0.3 is 0 Å². The molecule has 1 aliphatic rings. The monoisotopic (exact) mass is 285 g/mol. The van der Waals surface area contributed by atoms with Gasteiger partial charge in [0.25, 0.3) is 0 Å². The molecule has 1 aliphatic heterocycles. The molecule has 1 unspecified atom stereocenters. The van der Waals surface area contributed by atoms with Crippen LogP contribution in [-0.2, 0) is 11.2 Å². The van der Waals surface area contributed by atoms with Crippen molar-refractivity contribution in [1.29, 1.82) is 0 Å². The highest BCUT2D eigenvalue weighted by Crippen LogP contribution is 2.19. The first-order valence-electron chi connectivity index (χ1n) is 7.73. The fourth-order valence-electron chi connectivity index (χ4n) is 3.10. The van der Waals surface area contributed by atoms with Gasteiger partial charge in [-0.3, -0.25) is 4.79 Å². The van der Waals surface area contributed by atoms with Crippen molar-refractivity contribution < 1.29 is 4.79 Å². The van der Waals surface area contributed by atoms with Crippen LogP contribution in [0.15, 0.2) is 30.5 Å². The van der Waals surface area contributed by atoms with E-state index in [-0.39, 0.29) is 11.4 Å². The second-order valence-corrected chi connectivity index (χ2v) is 6.25. The zero-order valence-electron chi connectivity index (χ0n) is 12.5. The summed E-state index contributed by atoms with van der Waals surface area (Å²) < 4.78 is 0. The number of aromatic nitrogens is 1. The summed E-state index contributed by atoms with van der Waals surface area (Å²) in [6.45, 7) is 3.98. The maximum atomic E-state index is 12.0. The first kappa shape index (κ1) is 14.1. The molecule has 2 aromatic rings. The van der Waals surface area contributed by atoms with Crippen molar-refractivity contribution in [3.8, 4) is 0 Å². The number of benzene rings is 1. The summed E-state index contributed by atoms with van der Waals surface area (Å²) in [7, 11) is 0. The van der Waals surface area contributed by atoms with Gasteiger partial charge in [0.15, 0.2) is 0 Å². The molecule has 1 amide bonds. The van der Waals surface area contributed by atoms with E-state index in [4.69, 9.17) is 0 Å². The van der Waals surface area contributed by atoms with Crippen molar-refractivity contribution in [3.05, 3.63) is 36.0 Å². The number of carbonyl (C=O) groups excluding carboxylic acids is 1. The Morgan fingerprint density at radius 3 is 3.05 bits per heavy atom. The van der Waals surface area contributed by atoms with E-state index in [9.17, 15) is 4.79 Å². The molecule has 1 atom stereocenters. The number of nitrogens with one attached hydrogen (secondary N) is 3. The molecule has 0 aliphatic carbocycles. The fraction of sp³-hybridized carbons (Fsp3) is 0.471. The number of aryl methyl sites for hydroxylation is 1. The van der Waals surface area contributed by atoms with E-state index in [1.807, 2.05) is 6.07 Å². The van der Waals surface area contributed by atoms with Crippen molar-refractivity contribution in [1.82, 2.24) is 15.6 Å². The van der Waals surface area contributed by atoms with Gasteiger partial charge in [0.05, 0.1) is 5.54 Å². The van der Waals surface area contributed by atoms with E-state index < -0.39 is 0 Å². The van der Waals surface area contributed by atoms with Gasteiger partial charge < -0.3 is 15.6 Å². The van der Waals surface area contributed by atoms with E-state index in [0.717, 1.165) is 32.4 Å². The number of amides is 1. The molecule has 0 radical (unpaired) electrons.